The van der Waals surface area contributed by atoms with Crippen LogP contribution in [0.1, 0.15) is 39.0 Å². The normalized spacial score (nSPS) is 25.5. The summed E-state index contributed by atoms with van der Waals surface area (Å²) in [7, 11) is 0. The number of nitrogens with zero attached hydrogens (tertiary/aromatic N) is 1. The first-order valence-electron chi connectivity index (χ1n) is 6.76. The van der Waals surface area contributed by atoms with Crippen molar-refractivity contribution in [3.8, 4) is 0 Å². The van der Waals surface area contributed by atoms with Crippen LogP contribution in [-0.2, 0) is 0 Å². The van der Waals surface area contributed by atoms with Crippen molar-refractivity contribution in [2.75, 3.05) is 31.6 Å². The summed E-state index contributed by atoms with van der Waals surface area (Å²) in [5, 5.41) is 0. The Labute approximate surface area is 105 Å². The lowest BCUT2D eigenvalue weighted by Gasteiger charge is -2.31. The second kappa shape index (κ2) is 8.37. The van der Waals surface area contributed by atoms with Crippen LogP contribution in [0, 0.1) is 5.92 Å². The quantitative estimate of drug-likeness (QED) is 0.666. The summed E-state index contributed by atoms with van der Waals surface area (Å²) in [6.45, 7) is 5.64. The topological polar surface area (TPSA) is 29.3 Å². The first kappa shape index (κ1) is 14.3. The molecule has 0 aromatic heterocycles. The van der Waals surface area contributed by atoms with E-state index in [1.54, 1.807) is 0 Å². The van der Waals surface area contributed by atoms with E-state index in [1.807, 2.05) is 11.8 Å². The van der Waals surface area contributed by atoms with Gasteiger partial charge in [-0.15, -0.1) is 0 Å². The molecule has 0 aliphatic heterocycles. The van der Waals surface area contributed by atoms with Crippen LogP contribution < -0.4 is 5.73 Å². The Kier molecular flexibility index (Phi) is 7.50. The van der Waals surface area contributed by atoms with Gasteiger partial charge in [0.1, 0.15) is 0 Å². The van der Waals surface area contributed by atoms with Gasteiger partial charge in [-0.25, -0.2) is 0 Å². The molecule has 0 amide bonds. The SMILES string of the molecule is CCN(CCCCSC)C1CCCC1CN. The predicted molar refractivity (Wildman–Crippen MR) is 75.0 cm³/mol. The molecule has 3 heteroatoms. The lowest BCUT2D eigenvalue weighted by Crippen LogP contribution is -2.40. The molecule has 0 radical (unpaired) electrons. The van der Waals surface area contributed by atoms with Crippen LogP contribution in [0.4, 0.5) is 0 Å². The summed E-state index contributed by atoms with van der Waals surface area (Å²) in [6, 6.07) is 0.782. The molecule has 16 heavy (non-hydrogen) atoms. The van der Waals surface area contributed by atoms with Crippen molar-refractivity contribution in [1.29, 1.82) is 0 Å². The third kappa shape index (κ3) is 4.27. The largest absolute Gasteiger partial charge is 0.330 e. The van der Waals surface area contributed by atoms with Crippen molar-refractivity contribution in [2.24, 2.45) is 11.7 Å². The zero-order valence-corrected chi connectivity index (χ0v) is 11.8. The maximum atomic E-state index is 5.86. The van der Waals surface area contributed by atoms with Crippen LogP contribution in [-0.4, -0.2) is 42.6 Å². The van der Waals surface area contributed by atoms with Gasteiger partial charge in [0.05, 0.1) is 0 Å². The van der Waals surface area contributed by atoms with Gasteiger partial charge in [0.25, 0.3) is 0 Å². The second-order valence-corrected chi connectivity index (χ2v) is 5.81. The first-order chi connectivity index (χ1) is 7.83. The van der Waals surface area contributed by atoms with E-state index in [9.17, 15) is 0 Å². The number of thioether (sulfide) groups is 1. The van der Waals surface area contributed by atoms with E-state index in [-0.39, 0.29) is 0 Å². The molecule has 0 heterocycles. The van der Waals surface area contributed by atoms with Crippen molar-refractivity contribution in [2.45, 2.75) is 45.1 Å². The van der Waals surface area contributed by atoms with Crippen molar-refractivity contribution in [3.05, 3.63) is 0 Å². The molecule has 2 unspecified atom stereocenters. The van der Waals surface area contributed by atoms with Crippen molar-refractivity contribution in [1.82, 2.24) is 4.90 Å². The number of unbranched alkanes of at least 4 members (excludes halogenated alkanes) is 1. The summed E-state index contributed by atoms with van der Waals surface area (Å²) < 4.78 is 0. The number of hydrogen-bond donors (Lipinski definition) is 1. The van der Waals surface area contributed by atoms with E-state index in [0.29, 0.717) is 0 Å². The average Bonchev–Trinajstić information content (AvgIpc) is 2.77. The lowest BCUT2D eigenvalue weighted by molar-refractivity contribution is 0.168. The van der Waals surface area contributed by atoms with Crippen LogP contribution in [0.2, 0.25) is 0 Å². The van der Waals surface area contributed by atoms with Gasteiger partial charge in [-0.2, -0.15) is 11.8 Å². The fraction of sp³-hybridized carbons (Fsp3) is 1.00. The zero-order chi connectivity index (χ0) is 11.8. The van der Waals surface area contributed by atoms with Gasteiger partial charge in [0, 0.05) is 6.04 Å². The molecule has 1 aliphatic carbocycles. The Morgan fingerprint density at radius 3 is 2.75 bits per heavy atom. The molecule has 96 valence electrons. The fourth-order valence-electron chi connectivity index (χ4n) is 2.89. The summed E-state index contributed by atoms with van der Waals surface area (Å²) in [6.07, 6.45) is 9.01. The third-order valence-electron chi connectivity index (χ3n) is 3.84. The Morgan fingerprint density at radius 2 is 2.12 bits per heavy atom. The second-order valence-electron chi connectivity index (χ2n) is 4.82. The Hall–Kier alpha value is 0.270. The zero-order valence-electron chi connectivity index (χ0n) is 11.0. The summed E-state index contributed by atoms with van der Waals surface area (Å²) in [5.41, 5.74) is 5.86. The molecule has 1 fully saturated rings. The minimum Gasteiger partial charge on any atom is -0.330 e. The minimum atomic E-state index is 0.764. The molecule has 1 aliphatic rings. The Bertz CT molecular complexity index is 175. The highest BCUT2D eigenvalue weighted by atomic mass is 32.2. The van der Waals surface area contributed by atoms with Crippen LogP contribution in [0.15, 0.2) is 0 Å². The smallest absolute Gasteiger partial charge is 0.0135 e. The van der Waals surface area contributed by atoms with Crippen molar-refractivity contribution >= 4 is 11.8 Å². The van der Waals surface area contributed by atoms with Gasteiger partial charge in [-0.05, 0) is 63.2 Å². The monoisotopic (exact) mass is 244 g/mol. The Morgan fingerprint density at radius 1 is 1.31 bits per heavy atom. The van der Waals surface area contributed by atoms with Crippen LogP contribution in [0.5, 0.6) is 0 Å². The minimum absolute atomic E-state index is 0.764. The van der Waals surface area contributed by atoms with Gasteiger partial charge in [-0.1, -0.05) is 13.3 Å². The number of rotatable bonds is 8. The molecular weight excluding hydrogens is 216 g/mol. The summed E-state index contributed by atoms with van der Waals surface area (Å²) in [4.78, 5) is 2.67. The third-order valence-corrected chi connectivity index (χ3v) is 4.54. The summed E-state index contributed by atoms with van der Waals surface area (Å²) in [5.74, 6) is 2.07. The molecule has 0 saturated heterocycles. The van der Waals surface area contributed by atoms with Gasteiger partial charge in [-0.3, -0.25) is 0 Å². The van der Waals surface area contributed by atoms with E-state index in [1.165, 1.54) is 50.9 Å². The van der Waals surface area contributed by atoms with Gasteiger partial charge in [0.2, 0.25) is 0 Å². The molecule has 0 bridgehead atoms. The Balaban J connectivity index is 2.29. The lowest BCUT2D eigenvalue weighted by atomic mass is 10.0. The first-order valence-corrected chi connectivity index (χ1v) is 8.15. The number of hydrogen-bond acceptors (Lipinski definition) is 3. The molecule has 1 saturated carbocycles. The van der Waals surface area contributed by atoms with Crippen molar-refractivity contribution in [3.63, 3.8) is 0 Å². The highest BCUT2D eigenvalue weighted by molar-refractivity contribution is 7.98. The van der Waals surface area contributed by atoms with E-state index < -0.39 is 0 Å². The molecule has 0 aromatic carbocycles. The fourth-order valence-corrected chi connectivity index (χ4v) is 3.39. The molecule has 2 nitrogen and oxygen atoms in total. The highest BCUT2D eigenvalue weighted by Gasteiger charge is 2.29. The average molecular weight is 244 g/mol. The highest BCUT2D eigenvalue weighted by Crippen LogP contribution is 2.29. The van der Waals surface area contributed by atoms with Crippen LogP contribution in [0.3, 0.4) is 0 Å². The maximum absolute atomic E-state index is 5.86. The van der Waals surface area contributed by atoms with Crippen molar-refractivity contribution < 1.29 is 0 Å². The van der Waals surface area contributed by atoms with E-state index in [4.69, 9.17) is 5.73 Å². The van der Waals surface area contributed by atoms with Gasteiger partial charge >= 0.3 is 0 Å². The van der Waals surface area contributed by atoms with E-state index in [2.05, 4.69) is 18.1 Å². The maximum Gasteiger partial charge on any atom is 0.0135 e. The molecular formula is C13H28N2S. The van der Waals surface area contributed by atoms with E-state index in [0.717, 1.165) is 18.5 Å². The van der Waals surface area contributed by atoms with E-state index >= 15 is 0 Å². The molecule has 0 spiro atoms. The molecule has 0 aromatic rings. The van der Waals surface area contributed by atoms with Crippen LogP contribution >= 0.6 is 11.8 Å². The molecule has 2 N–H and O–H groups in total. The number of nitrogens with two attached hydrogens (primary N) is 1. The van der Waals surface area contributed by atoms with Gasteiger partial charge in [0.15, 0.2) is 0 Å². The predicted octanol–water partition coefficient (Wildman–Crippen LogP) is 2.58. The molecule has 1 rings (SSSR count). The standard InChI is InChI=1S/C13H28N2S/c1-3-15(9-4-5-10-16-2)13-8-6-7-12(13)11-14/h12-13H,3-11,14H2,1-2H3. The molecule has 2 atom stereocenters. The summed E-state index contributed by atoms with van der Waals surface area (Å²) >= 11 is 1.96. The van der Waals surface area contributed by atoms with Gasteiger partial charge < -0.3 is 10.6 Å². The van der Waals surface area contributed by atoms with Crippen LogP contribution in [0.25, 0.3) is 0 Å².